The first-order valence-corrected chi connectivity index (χ1v) is 11.2. The number of aryl methyl sites for hydroxylation is 2. The fourth-order valence-corrected chi connectivity index (χ4v) is 4.20. The minimum absolute atomic E-state index is 0.00505. The topological polar surface area (TPSA) is 76.9 Å². The third-order valence-corrected chi connectivity index (χ3v) is 6.14. The molecule has 0 bridgehead atoms. The Hall–Kier alpha value is -2.87. The third-order valence-electron chi connectivity index (χ3n) is 6.14. The zero-order valence-electron chi connectivity index (χ0n) is 19.3. The Morgan fingerprint density at radius 2 is 1.88 bits per heavy atom. The van der Waals surface area contributed by atoms with Gasteiger partial charge in [-0.15, -0.1) is 0 Å². The van der Waals surface area contributed by atoms with Gasteiger partial charge in [0, 0.05) is 58.1 Å². The summed E-state index contributed by atoms with van der Waals surface area (Å²) in [7, 11) is 3.19. The first kappa shape index (κ1) is 23.8. The normalized spacial score (nSPS) is 14.4. The van der Waals surface area contributed by atoms with Crippen LogP contribution in [0.2, 0.25) is 0 Å². The molecular weight excluding hydrogens is 408 g/mol. The Balaban J connectivity index is 1.50. The summed E-state index contributed by atoms with van der Waals surface area (Å²) in [6, 6.07) is 7.95. The lowest BCUT2D eigenvalue weighted by Crippen LogP contribution is -2.50. The maximum absolute atomic E-state index is 12.7. The highest BCUT2D eigenvalue weighted by Crippen LogP contribution is 2.19. The van der Waals surface area contributed by atoms with Gasteiger partial charge in [0.15, 0.2) is 0 Å². The molecule has 1 aromatic heterocycles. The van der Waals surface area contributed by atoms with Gasteiger partial charge in [-0.25, -0.2) is 4.98 Å². The maximum Gasteiger partial charge on any atom is 0.248 e. The van der Waals surface area contributed by atoms with Crippen molar-refractivity contribution in [2.24, 2.45) is 0 Å². The molecule has 8 heteroatoms. The van der Waals surface area contributed by atoms with E-state index in [1.807, 2.05) is 51.8 Å². The number of amides is 2. The van der Waals surface area contributed by atoms with Crippen LogP contribution >= 0.6 is 0 Å². The molecule has 0 atom stereocenters. The summed E-state index contributed by atoms with van der Waals surface area (Å²) in [6.07, 6.45) is 6.47. The maximum atomic E-state index is 12.7. The van der Waals surface area contributed by atoms with E-state index in [1.165, 1.54) is 0 Å². The Labute approximate surface area is 190 Å². The molecule has 1 aliphatic heterocycles. The molecule has 2 aromatic rings. The van der Waals surface area contributed by atoms with E-state index in [4.69, 9.17) is 9.47 Å². The lowest BCUT2D eigenvalue weighted by Gasteiger charge is -2.38. The molecule has 2 heterocycles. The van der Waals surface area contributed by atoms with Gasteiger partial charge >= 0.3 is 0 Å². The van der Waals surface area contributed by atoms with Crippen LogP contribution in [0.5, 0.6) is 5.75 Å². The molecule has 1 saturated heterocycles. The summed E-state index contributed by atoms with van der Waals surface area (Å²) in [4.78, 5) is 33.5. The van der Waals surface area contributed by atoms with Gasteiger partial charge in [0.1, 0.15) is 18.2 Å². The van der Waals surface area contributed by atoms with Gasteiger partial charge in [-0.1, -0.05) is 12.1 Å². The van der Waals surface area contributed by atoms with Gasteiger partial charge in [-0.05, 0) is 43.9 Å². The van der Waals surface area contributed by atoms with E-state index in [1.54, 1.807) is 20.4 Å². The van der Waals surface area contributed by atoms with Gasteiger partial charge in [-0.2, -0.15) is 0 Å². The second-order valence-electron chi connectivity index (χ2n) is 8.15. The quantitative estimate of drug-likeness (QED) is 0.564. The van der Waals surface area contributed by atoms with Gasteiger partial charge in [0.25, 0.3) is 0 Å². The van der Waals surface area contributed by atoms with E-state index in [0.29, 0.717) is 39.0 Å². The van der Waals surface area contributed by atoms with Crippen molar-refractivity contribution < 1.29 is 19.1 Å². The monoisotopic (exact) mass is 442 g/mol. The van der Waals surface area contributed by atoms with Crippen molar-refractivity contribution in [1.82, 2.24) is 19.4 Å². The highest BCUT2D eigenvalue weighted by molar-refractivity contribution is 5.78. The molecule has 3 rings (SSSR count). The first-order valence-electron chi connectivity index (χ1n) is 11.2. The van der Waals surface area contributed by atoms with Gasteiger partial charge < -0.3 is 23.8 Å². The predicted octanol–water partition coefficient (Wildman–Crippen LogP) is 2.30. The number of rotatable bonds is 10. The summed E-state index contributed by atoms with van der Waals surface area (Å²) >= 11 is 0. The molecule has 1 aromatic carbocycles. The Bertz CT molecular complexity index is 872. The summed E-state index contributed by atoms with van der Waals surface area (Å²) in [5.41, 5.74) is 1.13. The molecule has 0 N–H and O–H groups in total. The van der Waals surface area contributed by atoms with E-state index in [-0.39, 0.29) is 24.5 Å². The molecule has 32 heavy (non-hydrogen) atoms. The molecule has 1 fully saturated rings. The molecule has 174 valence electrons. The van der Waals surface area contributed by atoms with E-state index in [9.17, 15) is 9.59 Å². The van der Waals surface area contributed by atoms with E-state index in [0.717, 1.165) is 30.0 Å². The molecular formula is C24H34N4O4. The third kappa shape index (κ3) is 6.32. The molecule has 0 spiro atoms. The summed E-state index contributed by atoms with van der Waals surface area (Å²) in [5, 5.41) is 0. The van der Waals surface area contributed by atoms with Crippen LogP contribution in [-0.4, -0.2) is 77.7 Å². The Morgan fingerprint density at radius 3 is 2.47 bits per heavy atom. The van der Waals surface area contributed by atoms with Crippen molar-refractivity contribution in [3.63, 3.8) is 0 Å². The van der Waals surface area contributed by atoms with Crippen LogP contribution in [0.4, 0.5) is 0 Å². The van der Waals surface area contributed by atoms with Crippen LogP contribution in [0, 0.1) is 6.92 Å². The van der Waals surface area contributed by atoms with Gasteiger partial charge in [0.2, 0.25) is 11.8 Å². The summed E-state index contributed by atoms with van der Waals surface area (Å²) < 4.78 is 12.3. The van der Waals surface area contributed by atoms with Crippen LogP contribution in [0.1, 0.15) is 30.7 Å². The molecule has 0 radical (unpaired) electrons. The van der Waals surface area contributed by atoms with Crippen LogP contribution in [0.25, 0.3) is 0 Å². The number of carbonyl (C=O) groups excluding carboxylic acids is 2. The number of hydrogen-bond acceptors (Lipinski definition) is 5. The van der Waals surface area contributed by atoms with Crippen LogP contribution in [0.15, 0.2) is 36.7 Å². The van der Waals surface area contributed by atoms with Crippen molar-refractivity contribution in [3.05, 3.63) is 48.0 Å². The number of piperidine rings is 1. The van der Waals surface area contributed by atoms with Crippen molar-refractivity contribution in [2.75, 3.05) is 40.5 Å². The fourth-order valence-electron chi connectivity index (χ4n) is 4.20. The van der Waals surface area contributed by atoms with Crippen molar-refractivity contribution in [1.29, 1.82) is 0 Å². The average Bonchev–Trinajstić information content (AvgIpc) is 3.23. The highest BCUT2D eigenvalue weighted by Gasteiger charge is 2.29. The van der Waals surface area contributed by atoms with Crippen molar-refractivity contribution >= 4 is 11.8 Å². The lowest BCUT2D eigenvalue weighted by atomic mass is 10.0. The van der Waals surface area contributed by atoms with Crippen molar-refractivity contribution in [3.8, 4) is 5.75 Å². The molecule has 8 nitrogen and oxygen atoms in total. The minimum atomic E-state index is -0.00505. The average molecular weight is 443 g/mol. The summed E-state index contributed by atoms with van der Waals surface area (Å²) in [6.45, 7) is 4.68. The number of nitrogens with zero attached hydrogens (tertiary/aromatic N) is 4. The smallest absolute Gasteiger partial charge is 0.248 e. The lowest BCUT2D eigenvalue weighted by molar-refractivity contribution is -0.140. The molecule has 1 aliphatic rings. The van der Waals surface area contributed by atoms with E-state index >= 15 is 0 Å². The number of methoxy groups -OCH3 is 2. The predicted molar refractivity (Wildman–Crippen MR) is 121 cm³/mol. The fraction of sp³-hybridized carbons (Fsp3) is 0.542. The van der Waals surface area contributed by atoms with E-state index in [2.05, 4.69) is 4.98 Å². The highest BCUT2D eigenvalue weighted by atomic mass is 16.5. The van der Waals surface area contributed by atoms with Crippen LogP contribution in [0.3, 0.4) is 0 Å². The second-order valence-corrected chi connectivity index (χ2v) is 8.15. The van der Waals surface area contributed by atoms with Gasteiger partial charge in [0.05, 0.1) is 7.11 Å². The molecule has 0 aliphatic carbocycles. The number of likely N-dealkylation sites (tertiary alicyclic amines) is 1. The number of aromatic nitrogens is 2. The number of carbonyl (C=O) groups is 2. The second kappa shape index (κ2) is 11.7. The minimum Gasteiger partial charge on any atom is -0.497 e. The van der Waals surface area contributed by atoms with Crippen molar-refractivity contribution in [2.45, 2.75) is 45.2 Å². The molecule has 0 unspecified atom stereocenters. The first-order chi connectivity index (χ1) is 15.5. The standard InChI is InChI=1S/C24H34N4O4/c1-19-25-12-15-26(19)16-17-28(24(30)18-31-2)21-10-13-27(14-11-21)23(29)9-6-20-4-7-22(32-3)8-5-20/h4-5,7-8,12,15,21H,6,9-11,13-14,16-18H2,1-3H3. The number of hydrogen-bond donors (Lipinski definition) is 0. The number of benzene rings is 1. The zero-order valence-corrected chi connectivity index (χ0v) is 19.3. The van der Waals surface area contributed by atoms with E-state index < -0.39 is 0 Å². The molecule has 2 amide bonds. The number of ether oxygens (including phenoxy) is 2. The number of imidazole rings is 1. The van der Waals surface area contributed by atoms with Gasteiger partial charge in [-0.3, -0.25) is 9.59 Å². The SMILES string of the molecule is COCC(=O)N(CCn1ccnc1C)C1CCN(C(=O)CCc2ccc(OC)cc2)CC1. The summed E-state index contributed by atoms with van der Waals surface area (Å²) in [5.74, 6) is 1.91. The molecule has 0 saturated carbocycles. The Kier molecular flexibility index (Phi) is 8.67. The van der Waals surface area contributed by atoms with Crippen LogP contribution in [-0.2, 0) is 27.3 Å². The van der Waals surface area contributed by atoms with Crippen LogP contribution < -0.4 is 4.74 Å². The largest absolute Gasteiger partial charge is 0.497 e. The zero-order chi connectivity index (χ0) is 22.9. The Morgan fingerprint density at radius 1 is 1.16 bits per heavy atom.